The van der Waals surface area contributed by atoms with Gasteiger partial charge in [-0.2, -0.15) is 4.89 Å². The van der Waals surface area contributed by atoms with E-state index in [-0.39, 0.29) is 17.4 Å². The number of hydrogen-bond donors (Lipinski definition) is 1. The Morgan fingerprint density at radius 2 is 1.75 bits per heavy atom. The van der Waals surface area contributed by atoms with Gasteiger partial charge < -0.3 is 0 Å². The van der Waals surface area contributed by atoms with E-state index in [9.17, 15) is 0 Å². The second-order valence-electron chi connectivity index (χ2n) is 0.0913. The molecule has 1 N–H and O–H groups in total. The first-order valence-electron chi connectivity index (χ1n) is 0.428. The van der Waals surface area contributed by atoms with Crippen molar-refractivity contribution in [2.75, 3.05) is 0 Å². The molecule has 4 heavy (non-hydrogen) atoms. The monoisotopic (exact) mass is 117 g/mol. The zero-order valence-electron chi connectivity index (χ0n) is 1.76. The van der Waals surface area contributed by atoms with E-state index in [0.29, 0.717) is 0 Å². The van der Waals surface area contributed by atoms with Crippen molar-refractivity contribution in [3.8, 4) is 0 Å². The van der Waals surface area contributed by atoms with E-state index >= 15 is 0 Å². The molecule has 0 saturated heterocycles. The Morgan fingerprint density at radius 1 is 1.75 bits per heavy atom. The van der Waals surface area contributed by atoms with E-state index in [1.807, 2.05) is 0 Å². The molecule has 1 atom stereocenters. The largest absolute Gasteiger partial charge is 0.491 e. The summed E-state index contributed by atoms with van der Waals surface area (Å²) in [5, 5.41) is 0. The molecule has 0 bridgehead atoms. The normalized spacial score (nSPS) is 5.25. The summed E-state index contributed by atoms with van der Waals surface area (Å²) in [5.41, 5.74) is 0. The van der Waals surface area contributed by atoms with Gasteiger partial charge in [0.1, 0.15) is 0 Å². The molecule has 4 heteroatoms. The van der Waals surface area contributed by atoms with Gasteiger partial charge in [0.2, 0.25) is 0 Å². The maximum absolute atomic E-state index is 8.51. The van der Waals surface area contributed by atoms with E-state index in [0.717, 1.165) is 0 Å². The maximum Gasteiger partial charge on any atom is 0.491 e. The molecule has 0 aromatic carbocycles. The molecule has 24 valence electrons. The van der Waals surface area contributed by atoms with Crippen LogP contribution in [0.2, 0.25) is 0 Å². The summed E-state index contributed by atoms with van der Waals surface area (Å²) in [5.74, 6) is 0. The van der Waals surface area contributed by atoms with Crippen molar-refractivity contribution >= 4 is 8.69 Å². The van der Waals surface area contributed by atoms with Crippen LogP contribution >= 0.6 is 8.69 Å². The molecule has 0 saturated carbocycles. The van der Waals surface area contributed by atoms with Gasteiger partial charge in [0, 0.05) is 17.4 Å². The number of rotatable bonds is 0. The molecular formula is H2CrO2P+. The molecule has 0 aliphatic rings. The number of hydrogen-bond acceptors (Lipinski definition) is 1. The van der Waals surface area contributed by atoms with Crippen LogP contribution in [-0.4, -0.2) is 4.89 Å². The minimum atomic E-state index is -1.17. The van der Waals surface area contributed by atoms with Crippen LogP contribution in [-0.2, 0) is 21.9 Å². The Bertz CT molecular complexity index is 13.5. The van der Waals surface area contributed by atoms with Gasteiger partial charge in [-0.15, -0.1) is 0 Å². The Kier molecular flexibility index (Phi) is 21.0. The van der Waals surface area contributed by atoms with Crippen LogP contribution in [0.15, 0.2) is 0 Å². The van der Waals surface area contributed by atoms with Crippen LogP contribution in [0, 0.1) is 0 Å². The summed E-state index contributed by atoms with van der Waals surface area (Å²) in [6.07, 6.45) is 0. The van der Waals surface area contributed by atoms with Gasteiger partial charge in [-0.05, 0) is 4.57 Å². The van der Waals surface area contributed by atoms with Gasteiger partial charge in [0.15, 0.2) is 0 Å². The van der Waals surface area contributed by atoms with Gasteiger partial charge in [-0.3, -0.25) is 0 Å². The van der Waals surface area contributed by atoms with Gasteiger partial charge in [-0.25, -0.2) is 0 Å². The summed E-state index contributed by atoms with van der Waals surface area (Å²) < 4.78 is 8.51. The molecule has 0 fully saturated rings. The van der Waals surface area contributed by atoms with Crippen LogP contribution in [0.25, 0.3) is 0 Å². The smallest absolute Gasteiger partial charge is 0.162 e. The van der Waals surface area contributed by atoms with Gasteiger partial charge in [-0.1, -0.05) is 0 Å². The van der Waals surface area contributed by atoms with Crippen LogP contribution in [0.5, 0.6) is 0 Å². The summed E-state index contributed by atoms with van der Waals surface area (Å²) in [7, 11) is -1.17. The molecule has 0 heterocycles. The SMILES string of the molecule is O=[PH+]O.[Cr]. The average Bonchev–Trinajstić information content (AvgIpc) is 0.918. The molecule has 0 rings (SSSR count). The third kappa shape index (κ3) is 18.7. The van der Waals surface area contributed by atoms with Gasteiger partial charge in [0.05, 0.1) is 0 Å². The van der Waals surface area contributed by atoms with Crippen LogP contribution < -0.4 is 0 Å². The predicted octanol–water partition coefficient (Wildman–Crippen LogP) is -0.0848. The zero-order chi connectivity index (χ0) is 2.71. The predicted molar refractivity (Wildman–Crippen MR) is 11.2 cm³/mol. The fraction of sp³-hybridized carbons (Fsp3) is 0. The Labute approximate surface area is 36.2 Å². The van der Waals surface area contributed by atoms with Crippen LogP contribution in [0.4, 0.5) is 0 Å². The molecule has 2 nitrogen and oxygen atoms in total. The molecule has 0 amide bonds. The van der Waals surface area contributed by atoms with Gasteiger partial charge in [0.25, 0.3) is 0 Å². The Balaban J connectivity index is 0. The van der Waals surface area contributed by atoms with E-state index in [1.54, 1.807) is 0 Å². The molecule has 0 aromatic rings. The molecule has 0 radical (unpaired) electrons. The molecule has 1 unspecified atom stereocenters. The third-order valence-electron chi connectivity index (χ3n) is 0. The zero-order valence-corrected chi connectivity index (χ0v) is 4.04. The maximum atomic E-state index is 8.51. The third-order valence-corrected chi connectivity index (χ3v) is 0. The first-order valence-corrected chi connectivity index (χ1v) is 1.28. The molecule has 0 aliphatic carbocycles. The van der Waals surface area contributed by atoms with E-state index in [2.05, 4.69) is 0 Å². The Morgan fingerprint density at radius 3 is 1.75 bits per heavy atom. The Hall–Kier alpha value is 0.592. The molecule has 0 aliphatic heterocycles. The standard InChI is InChI=1S/Cr.HO2P/c;1-3-2/h;3H/p+1. The first-order chi connectivity index (χ1) is 1.41. The fourth-order valence-electron chi connectivity index (χ4n) is 0. The summed E-state index contributed by atoms with van der Waals surface area (Å²) in [6.45, 7) is 0. The average molecular weight is 117 g/mol. The topological polar surface area (TPSA) is 37.3 Å². The van der Waals surface area contributed by atoms with Crippen LogP contribution in [0.1, 0.15) is 0 Å². The van der Waals surface area contributed by atoms with Gasteiger partial charge >= 0.3 is 8.69 Å². The van der Waals surface area contributed by atoms with Crippen molar-refractivity contribution in [2.24, 2.45) is 0 Å². The fourth-order valence-corrected chi connectivity index (χ4v) is 0. The van der Waals surface area contributed by atoms with Crippen molar-refractivity contribution in [3.63, 3.8) is 0 Å². The van der Waals surface area contributed by atoms with Crippen molar-refractivity contribution in [1.29, 1.82) is 0 Å². The van der Waals surface area contributed by atoms with Crippen molar-refractivity contribution in [1.82, 2.24) is 0 Å². The minimum Gasteiger partial charge on any atom is -0.162 e. The van der Waals surface area contributed by atoms with Crippen molar-refractivity contribution in [2.45, 2.75) is 0 Å². The summed E-state index contributed by atoms with van der Waals surface area (Å²) in [4.78, 5) is 7.04. The second-order valence-corrected chi connectivity index (χ2v) is 0.274. The molecular weight excluding hydrogens is 115 g/mol. The quantitative estimate of drug-likeness (QED) is 0.450. The minimum absolute atomic E-state index is 0. The van der Waals surface area contributed by atoms with E-state index < -0.39 is 8.69 Å². The van der Waals surface area contributed by atoms with Crippen molar-refractivity contribution in [3.05, 3.63) is 0 Å². The van der Waals surface area contributed by atoms with E-state index in [4.69, 9.17) is 9.46 Å². The second kappa shape index (κ2) is 9.52. The molecule has 0 spiro atoms. The molecule has 0 aromatic heterocycles. The van der Waals surface area contributed by atoms with Crippen LogP contribution in [0.3, 0.4) is 0 Å². The van der Waals surface area contributed by atoms with E-state index in [1.165, 1.54) is 0 Å². The first kappa shape index (κ1) is 8.82. The summed E-state index contributed by atoms with van der Waals surface area (Å²) >= 11 is 0. The van der Waals surface area contributed by atoms with Crippen molar-refractivity contribution < 1.29 is 26.8 Å². The summed E-state index contributed by atoms with van der Waals surface area (Å²) in [6, 6.07) is 0.